The summed E-state index contributed by atoms with van der Waals surface area (Å²) in [5, 5.41) is 8.05. The second-order valence-corrected chi connectivity index (χ2v) is 7.21. The van der Waals surface area contributed by atoms with Crippen molar-refractivity contribution < 1.29 is 4.79 Å². The third-order valence-corrected chi connectivity index (χ3v) is 5.73. The number of amides is 1. The third kappa shape index (κ3) is 2.95. The molecule has 0 unspecified atom stereocenters. The van der Waals surface area contributed by atoms with Crippen LogP contribution in [0.1, 0.15) is 31.4 Å². The molecule has 2 aromatic rings. The number of hydrogen-bond acceptors (Lipinski definition) is 4. The number of likely N-dealkylation sites (N-methyl/N-ethyl adjacent to an activating group) is 1. The Bertz CT molecular complexity index is 847. The molecule has 2 aliphatic rings. The maximum absolute atomic E-state index is 13.0. The lowest BCUT2D eigenvalue weighted by molar-refractivity contribution is -0.132. The third-order valence-electron chi connectivity index (χ3n) is 5.73. The molecular formula is C19H24N4O2. The largest absolute Gasteiger partial charge is 0.338 e. The van der Waals surface area contributed by atoms with Crippen molar-refractivity contribution in [3.8, 4) is 0 Å². The van der Waals surface area contributed by atoms with E-state index in [9.17, 15) is 9.59 Å². The Hall–Kier alpha value is -2.21. The van der Waals surface area contributed by atoms with E-state index < -0.39 is 0 Å². The topological polar surface area (TPSA) is 69.3 Å². The molecule has 0 radical (unpaired) electrons. The molecule has 1 amide bonds. The van der Waals surface area contributed by atoms with Crippen molar-refractivity contribution in [2.24, 2.45) is 0 Å². The summed E-state index contributed by atoms with van der Waals surface area (Å²) in [5.41, 5.74) is 0.448. The minimum atomic E-state index is -0.210. The van der Waals surface area contributed by atoms with Crippen LogP contribution in [-0.2, 0) is 11.2 Å². The van der Waals surface area contributed by atoms with E-state index in [2.05, 4.69) is 22.1 Å². The van der Waals surface area contributed by atoms with Crippen molar-refractivity contribution >= 4 is 16.7 Å². The van der Waals surface area contributed by atoms with E-state index in [1.54, 1.807) is 6.07 Å². The highest BCUT2D eigenvalue weighted by Gasteiger charge is 2.38. The van der Waals surface area contributed by atoms with Gasteiger partial charge in [-0.15, -0.1) is 0 Å². The number of rotatable bonds is 3. The summed E-state index contributed by atoms with van der Waals surface area (Å²) in [4.78, 5) is 29.4. The molecule has 1 N–H and O–H groups in total. The lowest BCUT2D eigenvalue weighted by Crippen LogP contribution is -2.47. The maximum atomic E-state index is 13.0. The van der Waals surface area contributed by atoms with Crippen LogP contribution in [0.3, 0.4) is 0 Å². The summed E-state index contributed by atoms with van der Waals surface area (Å²) in [7, 11) is 2.16. The van der Waals surface area contributed by atoms with E-state index in [-0.39, 0.29) is 17.9 Å². The summed E-state index contributed by atoms with van der Waals surface area (Å²) in [5.74, 6) is 0.118. The number of nitrogens with zero attached hydrogens (tertiary/aromatic N) is 3. The first-order chi connectivity index (χ1) is 12.1. The molecule has 0 bridgehead atoms. The predicted octanol–water partition coefficient (Wildman–Crippen LogP) is 1.55. The zero-order valence-electron chi connectivity index (χ0n) is 14.6. The molecule has 1 aromatic carbocycles. The zero-order valence-corrected chi connectivity index (χ0v) is 14.6. The fourth-order valence-corrected chi connectivity index (χ4v) is 4.48. The van der Waals surface area contributed by atoms with Gasteiger partial charge < -0.3 is 9.80 Å². The van der Waals surface area contributed by atoms with Gasteiger partial charge in [0.05, 0.1) is 17.5 Å². The monoisotopic (exact) mass is 340 g/mol. The van der Waals surface area contributed by atoms with Crippen molar-refractivity contribution in [3.63, 3.8) is 0 Å². The molecule has 2 fully saturated rings. The second kappa shape index (κ2) is 6.59. The Morgan fingerprint density at radius 3 is 2.64 bits per heavy atom. The van der Waals surface area contributed by atoms with E-state index in [4.69, 9.17) is 0 Å². The first-order valence-corrected chi connectivity index (χ1v) is 9.11. The zero-order chi connectivity index (χ0) is 17.4. The number of likely N-dealkylation sites (tertiary alicyclic amines) is 2. The van der Waals surface area contributed by atoms with Crippen molar-refractivity contribution in [2.45, 2.75) is 44.2 Å². The van der Waals surface area contributed by atoms with Crippen molar-refractivity contribution in [3.05, 3.63) is 40.3 Å². The van der Waals surface area contributed by atoms with Crippen molar-refractivity contribution in [1.82, 2.24) is 20.0 Å². The van der Waals surface area contributed by atoms with E-state index in [1.807, 2.05) is 23.1 Å². The number of carbonyl (C=O) groups is 1. The Morgan fingerprint density at radius 1 is 1.16 bits per heavy atom. The number of H-pyrrole nitrogens is 1. The van der Waals surface area contributed by atoms with Crippen molar-refractivity contribution in [2.75, 3.05) is 20.1 Å². The lowest BCUT2D eigenvalue weighted by atomic mass is 10.0. The number of aromatic amines is 1. The van der Waals surface area contributed by atoms with Gasteiger partial charge in [0.15, 0.2) is 0 Å². The highest BCUT2D eigenvalue weighted by Crippen LogP contribution is 2.29. The van der Waals surface area contributed by atoms with Crippen LogP contribution in [0.25, 0.3) is 10.8 Å². The molecule has 2 saturated heterocycles. The number of nitrogens with one attached hydrogen (secondary N) is 1. The molecule has 6 nitrogen and oxygen atoms in total. The van der Waals surface area contributed by atoms with E-state index >= 15 is 0 Å². The molecular weight excluding hydrogens is 316 g/mol. The average molecular weight is 340 g/mol. The Balaban J connectivity index is 1.58. The first kappa shape index (κ1) is 16.3. The van der Waals surface area contributed by atoms with Gasteiger partial charge in [-0.3, -0.25) is 9.59 Å². The van der Waals surface area contributed by atoms with E-state index in [1.165, 1.54) is 12.8 Å². The van der Waals surface area contributed by atoms with Crippen molar-refractivity contribution in [1.29, 1.82) is 0 Å². The molecule has 4 rings (SSSR count). The van der Waals surface area contributed by atoms with Crippen LogP contribution >= 0.6 is 0 Å². The number of hydrogen-bond donors (Lipinski definition) is 1. The summed E-state index contributed by atoms with van der Waals surface area (Å²) in [6.45, 7) is 1.95. The average Bonchev–Trinajstić information content (AvgIpc) is 3.26. The molecule has 25 heavy (non-hydrogen) atoms. The number of aromatic nitrogens is 2. The molecule has 2 aliphatic heterocycles. The van der Waals surface area contributed by atoms with E-state index in [0.29, 0.717) is 23.2 Å². The number of carbonyl (C=O) groups excluding carboxylic acids is 1. The fourth-order valence-electron chi connectivity index (χ4n) is 4.48. The Labute approximate surface area is 146 Å². The van der Waals surface area contributed by atoms with Gasteiger partial charge in [0.2, 0.25) is 5.91 Å². The standard InChI is InChI=1S/C19H24N4O2/c1-22-10-4-8-16(22)17-9-5-11-23(17)18(24)12-15-13-6-2-3-7-14(13)19(25)21-20-15/h2-3,6-7,16-17H,4-5,8-12H2,1H3,(H,21,25)/t16-,17-/m0/s1. The van der Waals surface area contributed by atoms with Gasteiger partial charge in [-0.05, 0) is 45.3 Å². The molecule has 6 heteroatoms. The molecule has 2 atom stereocenters. The summed E-state index contributed by atoms with van der Waals surface area (Å²) >= 11 is 0. The van der Waals surface area contributed by atoms with E-state index in [0.717, 1.165) is 31.3 Å². The van der Waals surface area contributed by atoms with Crippen LogP contribution in [0.2, 0.25) is 0 Å². The van der Waals surface area contributed by atoms with Crippen LogP contribution in [0, 0.1) is 0 Å². The van der Waals surface area contributed by atoms with Gasteiger partial charge >= 0.3 is 0 Å². The SMILES string of the molecule is CN1CCC[C@H]1[C@@H]1CCCN1C(=O)Cc1n[nH]c(=O)c2ccccc12. The quantitative estimate of drug-likeness (QED) is 0.920. The summed E-state index contributed by atoms with van der Waals surface area (Å²) < 4.78 is 0. The molecule has 1 aromatic heterocycles. The van der Waals surface area contributed by atoms with Crippen LogP contribution in [0.5, 0.6) is 0 Å². The van der Waals surface area contributed by atoms with Crippen LogP contribution in [0.15, 0.2) is 29.1 Å². The minimum Gasteiger partial charge on any atom is -0.338 e. The second-order valence-electron chi connectivity index (χ2n) is 7.21. The highest BCUT2D eigenvalue weighted by atomic mass is 16.2. The molecule has 0 spiro atoms. The van der Waals surface area contributed by atoms with Gasteiger partial charge in [0, 0.05) is 24.0 Å². The smallest absolute Gasteiger partial charge is 0.272 e. The van der Waals surface area contributed by atoms with Gasteiger partial charge in [-0.1, -0.05) is 18.2 Å². The number of fused-ring (bicyclic) bond motifs is 1. The van der Waals surface area contributed by atoms with Crippen LogP contribution in [0.4, 0.5) is 0 Å². The number of benzene rings is 1. The highest BCUT2D eigenvalue weighted by molar-refractivity contribution is 5.88. The minimum absolute atomic E-state index is 0.118. The van der Waals surface area contributed by atoms with Gasteiger partial charge in [0.1, 0.15) is 0 Å². The molecule has 132 valence electrons. The van der Waals surface area contributed by atoms with Gasteiger partial charge in [-0.25, -0.2) is 5.10 Å². The van der Waals surface area contributed by atoms with Gasteiger partial charge in [-0.2, -0.15) is 5.10 Å². The Morgan fingerprint density at radius 2 is 1.88 bits per heavy atom. The van der Waals surface area contributed by atoms with Gasteiger partial charge in [0.25, 0.3) is 5.56 Å². The Kier molecular flexibility index (Phi) is 4.29. The first-order valence-electron chi connectivity index (χ1n) is 9.11. The molecule has 0 saturated carbocycles. The fraction of sp³-hybridized carbons (Fsp3) is 0.526. The maximum Gasteiger partial charge on any atom is 0.272 e. The van der Waals surface area contributed by atoms with Crippen LogP contribution < -0.4 is 5.56 Å². The molecule has 3 heterocycles. The lowest BCUT2D eigenvalue weighted by Gasteiger charge is -2.33. The normalized spacial score (nSPS) is 24.3. The predicted molar refractivity (Wildman–Crippen MR) is 96.5 cm³/mol. The summed E-state index contributed by atoms with van der Waals surface area (Å²) in [6.07, 6.45) is 4.78. The summed E-state index contributed by atoms with van der Waals surface area (Å²) in [6, 6.07) is 8.14. The molecule has 0 aliphatic carbocycles. The van der Waals surface area contributed by atoms with Crippen LogP contribution in [-0.4, -0.2) is 58.1 Å².